The first-order valence-electron chi connectivity index (χ1n) is 7.04. The van der Waals surface area contributed by atoms with Gasteiger partial charge < -0.3 is 9.73 Å². The standard InChI is InChI=1S/C16H17N3OS/c1-2-9-17-10-12-7-8-15(18-11-12)21-16-19-13-5-3-4-6-14(13)20-16/h3-8,11,17H,2,9-10H2,1H3. The van der Waals surface area contributed by atoms with Crippen LogP contribution in [0.2, 0.25) is 0 Å². The normalized spacial score (nSPS) is 11.1. The van der Waals surface area contributed by atoms with Gasteiger partial charge in [-0.25, -0.2) is 9.97 Å². The van der Waals surface area contributed by atoms with Crippen molar-refractivity contribution in [2.75, 3.05) is 6.54 Å². The lowest BCUT2D eigenvalue weighted by Gasteiger charge is -2.03. The summed E-state index contributed by atoms with van der Waals surface area (Å²) in [4.78, 5) is 8.88. The van der Waals surface area contributed by atoms with Crippen molar-refractivity contribution >= 4 is 22.9 Å². The molecule has 0 bridgehead atoms. The van der Waals surface area contributed by atoms with Gasteiger partial charge >= 0.3 is 0 Å². The number of pyridine rings is 1. The van der Waals surface area contributed by atoms with Gasteiger partial charge in [0.1, 0.15) is 10.5 Å². The molecule has 5 heteroatoms. The first kappa shape index (κ1) is 14.1. The maximum atomic E-state index is 5.68. The Labute approximate surface area is 128 Å². The lowest BCUT2D eigenvalue weighted by Crippen LogP contribution is -2.13. The molecule has 0 spiro atoms. The molecule has 3 aromatic rings. The van der Waals surface area contributed by atoms with Crippen molar-refractivity contribution < 1.29 is 4.42 Å². The molecular weight excluding hydrogens is 282 g/mol. The highest BCUT2D eigenvalue weighted by Crippen LogP contribution is 2.28. The van der Waals surface area contributed by atoms with Gasteiger partial charge in [-0.15, -0.1) is 0 Å². The Balaban J connectivity index is 1.67. The summed E-state index contributed by atoms with van der Waals surface area (Å²) in [5.41, 5.74) is 2.87. The van der Waals surface area contributed by atoms with Crippen molar-refractivity contribution in [1.82, 2.24) is 15.3 Å². The maximum Gasteiger partial charge on any atom is 0.263 e. The van der Waals surface area contributed by atoms with Crippen LogP contribution < -0.4 is 5.32 Å². The van der Waals surface area contributed by atoms with E-state index in [2.05, 4.69) is 28.3 Å². The van der Waals surface area contributed by atoms with Crippen molar-refractivity contribution in [3.8, 4) is 0 Å². The van der Waals surface area contributed by atoms with Crippen LogP contribution in [0.1, 0.15) is 18.9 Å². The molecule has 0 aliphatic heterocycles. The first-order valence-corrected chi connectivity index (χ1v) is 7.86. The largest absolute Gasteiger partial charge is 0.431 e. The van der Waals surface area contributed by atoms with Gasteiger partial charge in [0.25, 0.3) is 5.22 Å². The van der Waals surface area contributed by atoms with Gasteiger partial charge in [0.05, 0.1) is 0 Å². The van der Waals surface area contributed by atoms with E-state index in [9.17, 15) is 0 Å². The molecule has 0 saturated heterocycles. The lowest BCUT2D eigenvalue weighted by atomic mass is 10.3. The number of rotatable bonds is 6. The van der Waals surface area contributed by atoms with E-state index >= 15 is 0 Å². The van der Waals surface area contributed by atoms with E-state index in [4.69, 9.17) is 4.42 Å². The fourth-order valence-electron chi connectivity index (χ4n) is 1.97. The summed E-state index contributed by atoms with van der Waals surface area (Å²) >= 11 is 1.44. The van der Waals surface area contributed by atoms with Crippen molar-refractivity contribution in [1.29, 1.82) is 0 Å². The van der Waals surface area contributed by atoms with E-state index in [0.717, 1.165) is 35.6 Å². The number of benzene rings is 1. The van der Waals surface area contributed by atoms with Crippen molar-refractivity contribution in [2.45, 2.75) is 30.1 Å². The van der Waals surface area contributed by atoms with E-state index in [1.54, 1.807) is 0 Å². The number of fused-ring (bicyclic) bond motifs is 1. The summed E-state index contributed by atoms with van der Waals surface area (Å²) < 4.78 is 5.68. The Kier molecular flexibility index (Phi) is 4.52. The monoisotopic (exact) mass is 299 g/mol. The van der Waals surface area contributed by atoms with E-state index in [1.165, 1.54) is 17.3 Å². The summed E-state index contributed by atoms with van der Waals surface area (Å²) in [6.07, 6.45) is 3.03. The van der Waals surface area contributed by atoms with Crippen LogP contribution >= 0.6 is 11.8 Å². The summed E-state index contributed by atoms with van der Waals surface area (Å²) in [6, 6.07) is 11.8. The van der Waals surface area contributed by atoms with Crippen LogP contribution in [0.25, 0.3) is 11.1 Å². The molecule has 0 aliphatic carbocycles. The third-order valence-corrected chi connectivity index (χ3v) is 3.82. The number of para-hydroxylation sites is 2. The average molecular weight is 299 g/mol. The highest BCUT2D eigenvalue weighted by Gasteiger charge is 2.07. The zero-order valence-corrected chi connectivity index (χ0v) is 12.7. The first-order chi connectivity index (χ1) is 10.3. The molecule has 1 N–H and O–H groups in total. The smallest absolute Gasteiger partial charge is 0.263 e. The quantitative estimate of drug-likeness (QED) is 0.700. The minimum absolute atomic E-state index is 0.626. The third kappa shape index (κ3) is 3.62. The van der Waals surface area contributed by atoms with Gasteiger partial charge in [0.2, 0.25) is 0 Å². The van der Waals surface area contributed by atoms with Crippen molar-refractivity contribution in [3.05, 3.63) is 48.2 Å². The molecule has 21 heavy (non-hydrogen) atoms. The van der Waals surface area contributed by atoms with Crippen LogP contribution in [0.4, 0.5) is 0 Å². The molecule has 0 amide bonds. The summed E-state index contributed by atoms with van der Waals surface area (Å²) in [6.45, 7) is 4.04. The second-order valence-corrected chi connectivity index (χ2v) is 5.70. The number of hydrogen-bond donors (Lipinski definition) is 1. The molecule has 0 unspecified atom stereocenters. The topological polar surface area (TPSA) is 51.0 Å². The zero-order chi connectivity index (χ0) is 14.5. The van der Waals surface area contributed by atoms with Crippen LogP contribution in [0, 0.1) is 0 Å². The van der Waals surface area contributed by atoms with E-state index in [0.29, 0.717) is 5.22 Å². The second kappa shape index (κ2) is 6.74. The number of hydrogen-bond acceptors (Lipinski definition) is 5. The summed E-state index contributed by atoms with van der Waals surface area (Å²) in [7, 11) is 0. The molecular formula is C16H17N3OS. The predicted molar refractivity (Wildman–Crippen MR) is 84.4 cm³/mol. The number of nitrogens with zero attached hydrogens (tertiary/aromatic N) is 2. The van der Waals surface area contributed by atoms with Crippen LogP contribution in [0.5, 0.6) is 0 Å². The van der Waals surface area contributed by atoms with Crippen LogP contribution in [-0.2, 0) is 6.54 Å². The predicted octanol–water partition coefficient (Wildman–Crippen LogP) is 3.87. The van der Waals surface area contributed by atoms with Crippen LogP contribution in [0.3, 0.4) is 0 Å². The molecule has 3 rings (SSSR count). The van der Waals surface area contributed by atoms with Crippen molar-refractivity contribution in [3.63, 3.8) is 0 Å². The van der Waals surface area contributed by atoms with Gasteiger partial charge in [-0.05, 0) is 48.5 Å². The Morgan fingerprint density at radius 1 is 1.19 bits per heavy atom. The lowest BCUT2D eigenvalue weighted by molar-refractivity contribution is 0.489. The molecule has 108 valence electrons. The molecule has 4 nitrogen and oxygen atoms in total. The minimum atomic E-state index is 0.626. The van der Waals surface area contributed by atoms with Gasteiger partial charge in [-0.2, -0.15) is 0 Å². The molecule has 0 radical (unpaired) electrons. The van der Waals surface area contributed by atoms with Crippen molar-refractivity contribution in [2.24, 2.45) is 0 Å². The minimum Gasteiger partial charge on any atom is -0.431 e. The van der Waals surface area contributed by atoms with Gasteiger partial charge in [-0.3, -0.25) is 0 Å². The highest BCUT2D eigenvalue weighted by molar-refractivity contribution is 7.99. The Morgan fingerprint density at radius 3 is 2.86 bits per heavy atom. The van der Waals surface area contributed by atoms with E-state index in [-0.39, 0.29) is 0 Å². The number of nitrogens with one attached hydrogen (secondary N) is 1. The van der Waals surface area contributed by atoms with E-state index in [1.807, 2.05) is 36.5 Å². The molecule has 0 fully saturated rings. The van der Waals surface area contributed by atoms with E-state index < -0.39 is 0 Å². The molecule has 2 heterocycles. The van der Waals surface area contributed by atoms with Gasteiger partial charge in [0.15, 0.2) is 5.58 Å². The van der Waals surface area contributed by atoms with Gasteiger partial charge in [-0.1, -0.05) is 25.1 Å². The Morgan fingerprint density at radius 2 is 2.10 bits per heavy atom. The Hall–Kier alpha value is -1.85. The second-order valence-electron chi connectivity index (χ2n) is 4.73. The van der Waals surface area contributed by atoms with Gasteiger partial charge in [0, 0.05) is 12.7 Å². The highest BCUT2D eigenvalue weighted by atomic mass is 32.2. The molecule has 2 aromatic heterocycles. The average Bonchev–Trinajstić information content (AvgIpc) is 2.91. The number of aromatic nitrogens is 2. The number of oxazole rings is 1. The maximum absolute atomic E-state index is 5.68. The SMILES string of the molecule is CCCNCc1ccc(Sc2nc3ccccc3o2)nc1. The fraction of sp³-hybridized carbons (Fsp3) is 0.250. The van der Waals surface area contributed by atoms with Crippen LogP contribution in [-0.4, -0.2) is 16.5 Å². The summed E-state index contributed by atoms with van der Waals surface area (Å²) in [5, 5.41) is 4.88. The molecule has 0 aliphatic rings. The van der Waals surface area contributed by atoms with Crippen LogP contribution in [0.15, 0.2) is 57.3 Å². The summed E-state index contributed by atoms with van der Waals surface area (Å²) in [5.74, 6) is 0. The zero-order valence-electron chi connectivity index (χ0n) is 11.9. The Bertz CT molecular complexity index is 676. The molecule has 0 atom stereocenters. The molecule has 1 aromatic carbocycles. The molecule has 0 saturated carbocycles. The third-order valence-electron chi connectivity index (χ3n) is 3.02. The fourth-order valence-corrected chi connectivity index (χ4v) is 2.67.